The minimum Gasteiger partial charge on any atom is -0.458 e. The lowest BCUT2D eigenvalue weighted by molar-refractivity contribution is 0.0600. The van der Waals surface area contributed by atoms with E-state index in [9.17, 15) is 4.79 Å². The van der Waals surface area contributed by atoms with Gasteiger partial charge in [-0.05, 0) is 33.6 Å². The van der Waals surface area contributed by atoms with Crippen LogP contribution in [0.5, 0.6) is 0 Å². The van der Waals surface area contributed by atoms with E-state index in [2.05, 4.69) is 26.2 Å². The molecular weight excluding hydrogens is 358 g/mol. The van der Waals surface area contributed by atoms with Gasteiger partial charge < -0.3 is 14.6 Å². The van der Waals surface area contributed by atoms with E-state index in [1.165, 1.54) is 6.26 Å². The molecule has 0 saturated carbocycles. The summed E-state index contributed by atoms with van der Waals surface area (Å²) < 4.78 is 5.98. The number of halogens is 2. The SMILES string of the molecule is Cl.O=C(c1occc1Br)N1CCNCC1c1cccnc1. The Hall–Kier alpha value is -1.37. The number of aromatic nitrogens is 1. The van der Waals surface area contributed by atoms with Crippen LogP contribution in [0.25, 0.3) is 0 Å². The van der Waals surface area contributed by atoms with Gasteiger partial charge >= 0.3 is 0 Å². The highest BCUT2D eigenvalue weighted by Gasteiger charge is 2.31. The van der Waals surface area contributed by atoms with E-state index >= 15 is 0 Å². The molecule has 2 aromatic heterocycles. The summed E-state index contributed by atoms with van der Waals surface area (Å²) in [7, 11) is 0. The second-order valence-electron chi connectivity index (χ2n) is 4.60. The number of hydrogen-bond donors (Lipinski definition) is 1. The molecule has 0 bridgehead atoms. The van der Waals surface area contributed by atoms with Crippen LogP contribution in [-0.2, 0) is 0 Å². The molecule has 0 spiro atoms. The predicted molar refractivity (Wildman–Crippen MR) is 84.5 cm³/mol. The molecule has 0 aromatic carbocycles. The third-order valence-electron chi connectivity index (χ3n) is 3.38. The highest BCUT2D eigenvalue weighted by atomic mass is 79.9. The number of carbonyl (C=O) groups is 1. The molecule has 1 aliphatic heterocycles. The maximum absolute atomic E-state index is 12.6. The molecule has 1 unspecified atom stereocenters. The fraction of sp³-hybridized carbons (Fsp3) is 0.286. The average molecular weight is 373 g/mol. The number of piperazine rings is 1. The maximum atomic E-state index is 12.6. The van der Waals surface area contributed by atoms with Crippen molar-refractivity contribution >= 4 is 34.2 Å². The van der Waals surface area contributed by atoms with E-state index in [0.29, 0.717) is 16.8 Å². The summed E-state index contributed by atoms with van der Waals surface area (Å²) in [5.74, 6) is 0.248. The molecule has 1 N–H and O–H groups in total. The van der Waals surface area contributed by atoms with Crippen molar-refractivity contribution in [3.05, 3.63) is 52.7 Å². The topological polar surface area (TPSA) is 58.4 Å². The van der Waals surface area contributed by atoms with Gasteiger partial charge in [0.2, 0.25) is 5.76 Å². The van der Waals surface area contributed by atoms with E-state index in [-0.39, 0.29) is 24.4 Å². The monoisotopic (exact) mass is 371 g/mol. The lowest BCUT2D eigenvalue weighted by Crippen LogP contribution is -2.48. The minimum atomic E-state index is -0.0998. The quantitative estimate of drug-likeness (QED) is 0.880. The Morgan fingerprint density at radius 3 is 3.00 bits per heavy atom. The molecule has 1 saturated heterocycles. The predicted octanol–water partition coefficient (Wildman–Crippen LogP) is 2.65. The molecule has 0 aliphatic carbocycles. The zero-order chi connectivity index (χ0) is 13.9. The average Bonchev–Trinajstić information content (AvgIpc) is 2.93. The van der Waals surface area contributed by atoms with Gasteiger partial charge in [0.05, 0.1) is 16.8 Å². The lowest BCUT2D eigenvalue weighted by Gasteiger charge is -2.35. The first kappa shape index (κ1) is 16.0. The van der Waals surface area contributed by atoms with Crippen LogP contribution >= 0.6 is 28.3 Å². The second kappa shape index (κ2) is 7.06. The smallest absolute Gasteiger partial charge is 0.291 e. The van der Waals surface area contributed by atoms with Gasteiger partial charge in [-0.15, -0.1) is 12.4 Å². The molecule has 7 heteroatoms. The highest BCUT2D eigenvalue weighted by molar-refractivity contribution is 9.10. The standard InChI is InChI=1S/C14H14BrN3O2.ClH/c15-11-3-7-20-13(11)14(19)18-6-5-17-9-12(18)10-2-1-4-16-8-10;/h1-4,7-8,12,17H,5-6,9H2;1H. The van der Waals surface area contributed by atoms with Crippen molar-refractivity contribution < 1.29 is 9.21 Å². The molecule has 3 rings (SSSR count). The summed E-state index contributed by atoms with van der Waals surface area (Å²) in [6.07, 6.45) is 5.04. The largest absolute Gasteiger partial charge is 0.458 e. The van der Waals surface area contributed by atoms with Gasteiger partial charge in [-0.3, -0.25) is 9.78 Å². The van der Waals surface area contributed by atoms with Crippen LogP contribution in [0.3, 0.4) is 0 Å². The van der Waals surface area contributed by atoms with Crippen LogP contribution in [0.4, 0.5) is 0 Å². The van der Waals surface area contributed by atoms with E-state index < -0.39 is 0 Å². The van der Waals surface area contributed by atoms with Gasteiger partial charge in [0, 0.05) is 32.0 Å². The molecule has 21 heavy (non-hydrogen) atoms. The lowest BCUT2D eigenvalue weighted by atomic mass is 10.1. The maximum Gasteiger partial charge on any atom is 0.291 e. The molecule has 1 amide bonds. The molecule has 0 radical (unpaired) electrons. The van der Waals surface area contributed by atoms with Gasteiger partial charge in [0.1, 0.15) is 0 Å². The highest BCUT2D eigenvalue weighted by Crippen LogP contribution is 2.26. The number of amides is 1. The fourth-order valence-electron chi connectivity index (χ4n) is 2.40. The third-order valence-corrected chi connectivity index (χ3v) is 4.01. The summed E-state index contributed by atoms with van der Waals surface area (Å²) in [6, 6.07) is 5.58. The van der Waals surface area contributed by atoms with Gasteiger partial charge in [0.25, 0.3) is 5.91 Å². The van der Waals surface area contributed by atoms with E-state index in [1.54, 1.807) is 18.5 Å². The Balaban J connectivity index is 0.00000161. The van der Waals surface area contributed by atoms with E-state index in [4.69, 9.17) is 4.42 Å². The molecule has 1 atom stereocenters. The summed E-state index contributed by atoms with van der Waals surface area (Å²) in [6.45, 7) is 2.14. The Morgan fingerprint density at radius 2 is 2.33 bits per heavy atom. The van der Waals surface area contributed by atoms with Crippen molar-refractivity contribution in [3.8, 4) is 0 Å². The molecule has 112 valence electrons. The number of hydrogen-bond acceptors (Lipinski definition) is 4. The Kier molecular flexibility index (Phi) is 5.39. The number of pyridine rings is 1. The van der Waals surface area contributed by atoms with Crippen molar-refractivity contribution in [2.75, 3.05) is 19.6 Å². The molecule has 1 aliphatic rings. The van der Waals surface area contributed by atoms with E-state index in [1.807, 2.05) is 17.0 Å². The number of nitrogens with one attached hydrogen (secondary N) is 1. The normalized spacial score (nSPS) is 18.1. The summed E-state index contributed by atoms with van der Waals surface area (Å²) in [5, 5.41) is 3.31. The summed E-state index contributed by atoms with van der Waals surface area (Å²) >= 11 is 3.34. The van der Waals surface area contributed by atoms with Crippen molar-refractivity contribution in [3.63, 3.8) is 0 Å². The number of carbonyl (C=O) groups excluding carboxylic acids is 1. The van der Waals surface area contributed by atoms with Gasteiger partial charge in [-0.25, -0.2) is 0 Å². The Bertz CT molecular complexity index is 605. The fourth-order valence-corrected chi connectivity index (χ4v) is 2.77. The zero-order valence-electron chi connectivity index (χ0n) is 11.2. The van der Waals surface area contributed by atoms with Crippen LogP contribution in [-0.4, -0.2) is 35.4 Å². The van der Waals surface area contributed by atoms with Crippen LogP contribution < -0.4 is 5.32 Å². The molecular formula is C14H15BrClN3O2. The number of nitrogens with zero attached hydrogens (tertiary/aromatic N) is 2. The van der Waals surface area contributed by atoms with Crippen LogP contribution in [0.1, 0.15) is 22.2 Å². The van der Waals surface area contributed by atoms with Crippen molar-refractivity contribution in [2.45, 2.75) is 6.04 Å². The molecule has 2 aromatic rings. The van der Waals surface area contributed by atoms with Crippen LogP contribution in [0, 0.1) is 0 Å². The first-order chi connectivity index (χ1) is 9.77. The second-order valence-corrected chi connectivity index (χ2v) is 5.46. The molecule has 5 nitrogen and oxygen atoms in total. The number of rotatable bonds is 2. The Labute approximate surface area is 137 Å². The van der Waals surface area contributed by atoms with Gasteiger partial charge in [-0.2, -0.15) is 0 Å². The summed E-state index contributed by atoms with van der Waals surface area (Å²) in [4.78, 5) is 18.6. The van der Waals surface area contributed by atoms with Gasteiger partial charge in [-0.1, -0.05) is 6.07 Å². The first-order valence-electron chi connectivity index (χ1n) is 6.42. The van der Waals surface area contributed by atoms with E-state index in [0.717, 1.165) is 18.7 Å². The molecule has 1 fully saturated rings. The van der Waals surface area contributed by atoms with Crippen molar-refractivity contribution in [1.82, 2.24) is 15.2 Å². The first-order valence-corrected chi connectivity index (χ1v) is 7.21. The summed E-state index contributed by atoms with van der Waals surface area (Å²) in [5.41, 5.74) is 1.02. The minimum absolute atomic E-state index is 0. The van der Waals surface area contributed by atoms with Crippen LogP contribution in [0.15, 0.2) is 45.7 Å². The van der Waals surface area contributed by atoms with Crippen molar-refractivity contribution in [2.24, 2.45) is 0 Å². The van der Waals surface area contributed by atoms with Gasteiger partial charge in [0.15, 0.2) is 0 Å². The Morgan fingerprint density at radius 1 is 1.48 bits per heavy atom. The zero-order valence-corrected chi connectivity index (χ0v) is 13.6. The number of furan rings is 1. The molecule has 3 heterocycles. The third kappa shape index (κ3) is 3.28. The van der Waals surface area contributed by atoms with Crippen molar-refractivity contribution in [1.29, 1.82) is 0 Å². The van der Waals surface area contributed by atoms with Crippen LogP contribution in [0.2, 0.25) is 0 Å².